The largest absolute Gasteiger partial charge is 0.394 e. The van der Waals surface area contributed by atoms with Gasteiger partial charge in [0.15, 0.2) is 5.65 Å². The molecule has 1 saturated carbocycles. The van der Waals surface area contributed by atoms with Crippen molar-refractivity contribution in [1.29, 1.82) is 5.26 Å². The van der Waals surface area contributed by atoms with Gasteiger partial charge in [-0.1, -0.05) is 30.1 Å². The van der Waals surface area contributed by atoms with Gasteiger partial charge in [-0.3, -0.25) is 9.36 Å². The van der Waals surface area contributed by atoms with Gasteiger partial charge >= 0.3 is 0 Å². The van der Waals surface area contributed by atoms with Gasteiger partial charge in [-0.05, 0) is 44.2 Å². The fourth-order valence-electron chi connectivity index (χ4n) is 4.34. The molecule has 0 spiro atoms. The zero-order chi connectivity index (χ0) is 25.1. The molecule has 1 fully saturated rings. The van der Waals surface area contributed by atoms with E-state index in [1.165, 1.54) is 12.1 Å². The average Bonchev–Trinajstić information content (AvgIpc) is 3.21. The number of halogens is 2. The van der Waals surface area contributed by atoms with Crippen LogP contribution in [-0.2, 0) is 4.79 Å². The van der Waals surface area contributed by atoms with Gasteiger partial charge in [0, 0.05) is 12.0 Å². The molecule has 2 aromatic heterocycles. The Morgan fingerprint density at radius 3 is 2.54 bits per heavy atom. The van der Waals surface area contributed by atoms with Crippen molar-refractivity contribution in [1.82, 2.24) is 19.5 Å². The maximum Gasteiger partial charge on any atom is 0.225 e. The Labute approximate surface area is 212 Å². The van der Waals surface area contributed by atoms with Crippen LogP contribution in [0.4, 0.5) is 17.6 Å². The molecule has 1 unspecified atom stereocenters. The SMILES string of the molecule is CCC(CO)Nc1ncc2nc(Nc3c(Cl)cc(C#N)cc3Cl)n([C@H]3CC[C@@H](C(N)=O)CC3)c2n1. The molecule has 1 aromatic carbocycles. The number of hydrogen-bond donors (Lipinski definition) is 4. The highest BCUT2D eigenvalue weighted by atomic mass is 35.5. The summed E-state index contributed by atoms with van der Waals surface area (Å²) in [5, 5.41) is 25.7. The number of primary amides is 1. The first-order chi connectivity index (χ1) is 16.8. The number of carbonyl (C=O) groups is 1. The van der Waals surface area contributed by atoms with Gasteiger partial charge in [-0.25, -0.2) is 9.97 Å². The van der Waals surface area contributed by atoms with Crippen molar-refractivity contribution in [3.8, 4) is 6.07 Å². The summed E-state index contributed by atoms with van der Waals surface area (Å²) in [5.74, 6) is 0.418. The number of aliphatic hydroxyl groups is 1. The quantitative estimate of drug-likeness (QED) is 0.347. The highest BCUT2D eigenvalue weighted by Gasteiger charge is 2.29. The van der Waals surface area contributed by atoms with E-state index in [1.54, 1.807) is 6.20 Å². The van der Waals surface area contributed by atoms with Gasteiger partial charge in [-0.2, -0.15) is 10.2 Å². The molecule has 184 valence electrons. The Morgan fingerprint density at radius 2 is 1.97 bits per heavy atom. The lowest BCUT2D eigenvalue weighted by Gasteiger charge is -2.29. The summed E-state index contributed by atoms with van der Waals surface area (Å²) in [5.41, 5.74) is 7.46. The number of amides is 1. The van der Waals surface area contributed by atoms with Crippen molar-refractivity contribution < 1.29 is 9.90 Å². The van der Waals surface area contributed by atoms with Crippen molar-refractivity contribution in [3.05, 3.63) is 33.9 Å². The Balaban J connectivity index is 1.77. The molecule has 35 heavy (non-hydrogen) atoms. The number of benzene rings is 1. The van der Waals surface area contributed by atoms with E-state index in [0.717, 1.165) is 0 Å². The number of imidazole rings is 1. The van der Waals surface area contributed by atoms with E-state index in [0.29, 0.717) is 66.4 Å². The van der Waals surface area contributed by atoms with Crippen LogP contribution in [0.5, 0.6) is 0 Å². The molecule has 2 heterocycles. The van der Waals surface area contributed by atoms with E-state index in [2.05, 4.69) is 15.6 Å². The van der Waals surface area contributed by atoms with Gasteiger partial charge in [0.2, 0.25) is 17.8 Å². The topological polar surface area (TPSA) is 155 Å². The molecule has 1 atom stereocenters. The molecule has 0 saturated heterocycles. The lowest BCUT2D eigenvalue weighted by molar-refractivity contribution is -0.122. The number of nitrogens with one attached hydrogen (secondary N) is 2. The van der Waals surface area contributed by atoms with Crippen LogP contribution in [-0.4, -0.2) is 43.2 Å². The third kappa shape index (κ3) is 5.27. The van der Waals surface area contributed by atoms with Crippen LogP contribution in [0.2, 0.25) is 10.0 Å². The van der Waals surface area contributed by atoms with E-state index in [4.69, 9.17) is 38.9 Å². The smallest absolute Gasteiger partial charge is 0.225 e. The molecule has 1 aliphatic carbocycles. The van der Waals surface area contributed by atoms with Gasteiger partial charge < -0.3 is 21.5 Å². The predicted molar refractivity (Wildman–Crippen MR) is 135 cm³/mol. The monoisotopic (exact) mass is 516 g/mol. The van der Waals surface area contributed by atoms with Crippen LogP contribution in [0.3, 0.4) is 0 Å². The predicted octanol–water partition coefficient (Wildman–Crippen LogP) is 4.15. The molecular formula is C23H26Cl2N8O2. The summed E-state index contributed by atoms with van der Waals surface area (Å²) >= 11 is 12.8. The van der Waals surface area contributed by atoms with Crippen LogP contribution in [0.25, 0.3) is 11.2 Å². The third-order valence-electron chi connectivity index (χ3n) is 6.35. The molecule has 0 bridgehead atoms. The lowest BCUT2D eigenvalue weighted by Crippen LogP contribution is -2.29. The Morgan fingerprint density at radius 1 is 1.29 bits per heavy atom. The zero-order valence-electron chi connectivity index (χ0n) is 19.1. The van der Waals surface area contributed by atoms with Gasteiger partial charge in [0.25, 0.3) is 0 Å². The number of hydrogen-bond acceptors (Lipinski definition) is 8. The molecule has 1 aliphatic rings. The Kier molecular flexibility index (Phi) is 7.60. The van der Waals surface area contributed by atoms with Crippen LogP contribution in [0.15, 0.2) is 18.3 Å². The van der Waals surface area contributed by atoms with E-state index >= 15 is 0 Å². The Hall–Kier alpha value is -3.13. The molecule has 1 amide bonds. The number of carbonyl (C=O) groups excluding carboxylic acids is 1. The van der Waals surface area contributed by atoms with E-state index in [-0.39, 0.29) is 40.6 Å². The second-order valence-corrected chi connectivity index (χ2v) is 9.41. The molecule has 0 radical (unpaired) electrons. The standard InChI is InChI=1S/C23H26Cl2N8O2/c1-2-14(11-34)29-22-28-10-18-21(32-22)33(15-5-3-13(4-6-15)20(27)35)23(30-18)31-19-16(24)7-12(9-26)8-17(19)25/h7-8,10,13-15,34H,2-6,11H2,1H3,(H2,27,35)(H,30,31)(H,28,29,32)/t13-,14?,15+. The van der Waals surface area contributed by atoms with Crippen molar-refractivity contribution in [3.63, 3.8) is 0 Å². The molecule has 3 aromatic rings. The number of anilines is 3. The molecule has 0 aliphatic heterocycles. The maximum atomic E-state index is 11.7. The highest BCUT2D eigenvalue weighted by molar-refractivity contribution is 6.39. The van der Waals surface area contributed by atoms with E-state index in [1.807, 2.05) is 17.6 Å². The van der Waals surface area contributed by atoms with Crippen LogP contribution in [0, 0.1) is 17.2 Å². The number of aliphatic hydroxyl groups excluding tert-OH is 1. The van der Waals surface area contributed by atoms with Crippen LogP contribution < -0.4 is 16.4 Å². The molecule has 12 heteroatoms. The molecule has 4 rings (SSSR count). The fourth-order valence-corrected chi connectivity index (χ4v) is 4.92. The van der Waals surface area contributed by atoms with Crippen molar-refractivity contribution in [2.45, 2.75) is 51.1 Å². The van der Waals surface area contributed by atoms with Gasteiger partial charge in [-0.15, -0.1) is 0 Å². The summed E-state index contributed by atoms with van der Waals surface area (Å²) in [6, 6.07) is 4.91. The maximum absolute atomic E-state index is 11.7. The summed E-state index contributed by atoms with van der Waals surface area (Å²) in [6.45, 7) is 1.91. The van der Waals surface area contributed by atoms with Crippen molar-refractivity contribution >= 4 is 57.9 Å². The number of fused-ring (bicyclic) bond motifs is 1. The first-order valence-electron chi connectivity index (χ1n) is 11.4. The van der Waals surface area contributed by atoms with E-state index < -0.39 is 0 Å². The lowest BCUT2D eigenvalue weighted by atomic mass is 9.85. The molecular weight excluding hydrogens is 491 g/mol. The minimum Gasteiger partial charge on any atom is -0.394 e. The first-order valence-corrected chi connectivity index (χ1v) is 12.2. The van der Waals surface area contributed by atoms with Gasteiger partial charge in [0.05, 0.1) is 46.2 Å². The van der Waals surface area contributed by atoms with Crippen LogP contribution >= 0.6 is 23.2 Å². The summed E-state index contributed by atoms with van der Waals surface area (Å²) in [7, 11) is 0. The number of aromatic nitrogens is 4. The first kappa shape index (κ1) is 25.0. The number of rotatable bonds is 8. The second-order valence-electron chi connectivity index (χ2n) is 8.60. The molecule has 10 nitrogen and oxygen atoms in total. The summed E-state index contributed by atoms with van der Waals surface area (Å²) in [4.78, 5) is 25.4. The Bertz CT molecular complexity index is 1250. The fraction of sp³-hybridized carbons (Fsp3) is 0.435. The van der Waals surface area contributed by atoms with Crippen LogP contribution in [0.1, 0.15) is 50.6 Å². The van der Waals surface area contributed by atoms with Crippen molar-refractivity contribution in [2.75, 3.05) is 17.2 Å². The summed E-state index contributed by atoms with van der Waals surface area (Å²) < 4.78 is 1.98. The zero-order valence-corrected chi connectivity index (χ0v) is 20.6. The highest BCUT2D eigenvalue weighted by Crippen LogP contribution is 2.39. The minimum absolute atomic E-state index is 0.00315. The number of nitrogens with zero attached hydrogens (tertiary/aromatic N) is 5. The van der Waals surface area contributed by atoms with E-state index in [9.17, 15) is 15.2 Å². The van der Waals surface area contributed by atoms with Crippen molar-refractivity contribution in [2.24, 2.45) is 11.7 Å². The second kappa shape index (κ2) is 10.6. The number of nitrogens with two attached hydrogens (primary N) is 1. The average molecular weight is 517 g/mol. The minimum atomic E-state index is -0.281. The normalized spacial score (nSPS) is 18.7. The molecule has 5 N–H and O–H groups in total. The third-order valence-corrected chi connectivity index (χ3v) is 6.95. The van der Waals surface area contributed by atoms with Gasteiger partial charge in [0.1, 0.15) is 5.52 Å². The number of nitriles is 1. The summed E-state index contributed by atoms with van der Waals surface area (Å²) in [6.07, 6.45) is 5.07.